The Morgan fingerprint density at radius 2 is 1.78 bits per heavy atom. The number of aryl methyl sites for hydroxylation is 2. The van der Waals surface area contributed by atoms with E-state index in [0.717, 1.165) is 34.8 Å². The maximum absolute atomic E-state index is 14.0. The summed E-state index contributed by atoms with van der Waals surface area (Å²) in [7, 11) is 0. The Hall–Kier alpha value is -3.46. The van der Waals surface area contributed by atoms with Crippen molar-refractivity contribution in [2.75, 3.05) is 0 Å². The van der Waals surface area contributed by atoms with Crippen LogP contribution >= 0.6 is 15.9 Å². The van der Waals surface area contributed by atoms with Gasteiger partial charge in [-0.2, -0.15) is 4.98 Å². The molecular weight excluding hydrogens is 530 g/mol. The average molecular weight is 555 g/mol. The van der Waals surface area contributed by atoms with Crippen LogP contribution in [0.15, 0.2) is 57.9 Å². The van der Waals surface area contributed by atoms with E-state index >= 15 is 0 Å². The standard InChI is InChI=1S/C27H25BrF2N4O2/c1-15-6-7-17(21-10-11-31-26(33-21)27(3,4)5)12-22(15)34-16(2)32-24(23(28)25(34)35)36-14-18-8-9-19(29)13-20(18)30/h6-13H,14H2,1-5H3. The van der Waals surface area contributed by atoms with Gasteiger partial charge >= 0.3 is 0 Å². The molecular formula is C27H25BrF2N4O2. The molecule has 0 aliphatic rings. The molecule has 0 bridgehead atoms. The summed E-state index contributed by atoms with van der Waals surface area (Å²) in [5, 5.41) is 0. The molecule has 6 nitrogen and oxygen atoms in total. The normalized spacial score (nSPS) is 11.6. The van der Waals surface area contributed by atoms with Crippen molar-refractivity contribution in [1.29, 1.82) is 0 Å². The average Bonchev–Trinajstić information content (AvgIpc) is 2.82. The summed E-state index contributed by atoms with van der Waals surface area (Å²) < 4.78 is 34.4. The third-order valence-electron chi connectivity index (χ3n) is 5.62. The van der Waals surface area contributed by atoms with Crippen LogP contribution in [0.5, 0.6) is 5.88 Å². The highest BCUT2D eigenvalue weighted by atomic mass is 79.9. The Balaban J connectivity index is 1.72. The highest BCUT2D eigenvalue weighted by Crippen LogP contribution is 2.27. The highest BCUT2D eigenvalue weighted by molar-refractivity contribution is 9.10. The maximum atomic E-state index is 14.0. The predicted octanol–water partition coefficient (Wildman–Crippen LogP) is 6.22. The van der Waals surface area contributed by atoms with E-state index in [-0.39, 0.29) is 33.5 Å². The largest absolute Gasteiger partial charge is 0.472 e. The van der Waals surface area contributed by atoms with Crippen molar-refractivity contribution in [3.05, 3.63) is 97.9 Å². The van der Waals surface area contributed by atoms with Crippen LogP contribution in [-0.2, 0) is 12.0 Å². The molecule has 0 fully saturated rings. The van der Waals surface area contributed by atoms with Gasteiger partial charge in [-0.05, 0) is 59.6 Å². The smallest absolute Gasteiger partial charge is 0.276 e. The quantitative estimate of drug-likeness (QED) is 0.292. The van der Waals surface area contributed by atoms with Gasteiger partial charge in [0.05, 0.1) is 11.4 Å². The van der Waals surface area contributed by atoms with E-state index in [1.165, 1.54) is 10.6 Å². The van der Waals surface area contributed by atoms with Gasteiger partial charge in [0.25, 0.3) is 5.56 Å². The van der Waals surface area contributed by atoms with Crippen molar-refractivity contribution >= 4 is 15.9 Å². The fourth-order valence-corrected chi connectivity index (χ4v) is 4.02. The van der Waals surface area contributed by atoms with E-state index in [4.69, 9.17) is 9.72 Å². The molecule has 0 unspecified atom stereocenters. The zero-order valence-corrected chi connectivity index (χ0v) is 22.2. The van der Waals surface area contributed by atoms with Crippen LogP contribution < -0.4 is 10.3 Å². The van der Waals surface area contributed by atoms with Gasteiger partial charge < -0.3 is 4.74 Å². The summed E-state index contributed by atoms with van der Waals surface area (Å²) in [6.45, 7) is 9.53. The minimum atomic E-state index is -0.733. The molecule has 2 aromatic carbocycles. The topological polar surface area (TPSA) is 69.9 Å². The monoisotopic (exact) mass is 554 g/mol. The van der Waals surface area contributed by atoms with Gasteiger partial charge in [0.2, 0.25) is 5.88 Å². The number of nitrogens with zero attached hydrogens (tertiary/aromatic N) is 4. The Bertz CT molecular complexity index is 1510. The van der Waals surface area contributed by atoms with Gasteiger partial charge in [-0.25, -0.2) is 18.7 Å². The van der Waals surface area contributed by atoms with Gasteiger partial charge in [0.15, 0.2) is 0 Å². The summed E-state index contributed by atoms with van der Waals surface area (Å²) in [5.41, 5.74) is 2.65. The molecule has 0 radical (unpaired) electrons. The number of aromatic nitrogens is 4. The van der Waals surface area contributed by atoms with Crippen LogP contribution in [0.1, 0.15) is 43.5 Å². The lowest BCUT2D eigenvalue weighted by Gasteiger charge is -2.18. The molecule has 0 atom stereocenters. The molecule has 0 amide bonds. The number of hydrogen-bond acceptors (Lipinski definition) is 5. The second kappa shape index (κ2) is 9.89. The first-order chi connectivity index (χ1) is 17.0. The molecule has 9 heteroatoms. The zero-order valence-electron chi connectivity index (χ0n) is 20.6. The lowest BCUT2D eigenvalue weighted by molar-refractivity contribution is 0.283. The number of rotatable bonds is 5. The lowest BCUT2D eigenvalue weighted by Crippen LogP contribution is -2.24. The van der Waals surface area contributed by atoms with Crippen molar-refractivity contribution in [1.82, 2.24) is 19.5 Å². The number of hydrogen-bond donors (Lipinski definition) is 0. The highest BCUT2D eigenvalue weighted by Gasteiger charge is 2.20. The van der Waals surface area contributed by atoms with Crippen molar-refractivity contribution in [2.24, 2.45) is 0 Å². The van der Waals surface area contributed by atoms with Crippen LogP contribution in [0.2, 0.25) is 0 Å². The van der Waals surface area contributed by atoms with Crippen LogP contribution in [0.3, 0.4) is 0 Å². The summed E-state index contributed by atoms with van der Waals surface area (Å²) in [5.74, 6) is -0.280. The summed E-state index contributed by atoms with van der Waals surface area (Å²) in [4.78, 5) is 26.9. The molecule has 0 aliphatic heterocycles. The van der Waals surface area contributed by atoms with E-state index in [2.05, 4.69) is 25.9 Å². The predicted molar refractivity (Wildman–Crippen MR) is 137 cm³/mol. The van der Waals surface area contributed by atoms with Gasteiger partial charge in [-0.3, -0.25) is 9.36 Å². The molecule has 4 aromatic rings. The Morgan fingerprint density at radius 1 is 1.03 bits per heavy atom. The van der Waals surface area contributed by atoms with Gasteiger partial charge in [0, 0.05) is 28.8 Å². The van der Waals surface area contributed by atoms with Gasteiger partial charge in [-0.1, -0.05) is 32.9 Å². The van der Waals surface area contributed by atoms with Crippen molar-refractivity contribution in [3.63, 3.8) is 0 Å². The van der Waals surface area contributed by atoms with Crippen LogP contribution in [0.4, 0.5) is 8.78 Å². The molecule has 2 heterocycles. The number of benzene rings is 2. The van der Waals surface area contributed by atoms with E-state index in [9.17, 15) is 13.6 Å². The van der Waals surface area contributed by atoms with Crippen molar-refractivity contribution < 1.29 is 13.5 Å². The van der Waals surface area contributed by atoms with Crippen LogP contribution in [0.25, 0.3) is 16.9 Å². The molecule has 0 spiro atoms. The Morgan fingerprint density at radius 3 is 2.47 bits per heavy atom. The second-order valence-electron chi connectivity index (χ2n) is 9.46. The minimum Gasteiger partial charge on any atom is -0.472 e. The molecule has 36 heavy (non-hydrogen) atoms. The van der Waals surface area contributed by atoms with Crippen LogP contribution in [0, 0.1) is 25.5 Å². The van der Waals surface area contributed by atoms with Crippen LogP contribution in [-0.4, -0.2) is 19.5 Å². The summed E-state index contributed by atoms with van der Waals surface area (Å²) >= 11 is 3.29. The number of halogens is 3. The van der Waals surface area contributed by atoms with E-state index in [1.807, 2.05) is 52.0 Å². The fraction of sp³-hybridized carbons (Fsp3) is 0.259. The summed E-state index contributed by atoms with van der Waals surface area (Å²) in [6.07, 6.45) is 1.73. The Kier molecular flexibility index (Phi) is 7.04. The van der Waals surface area contributed by atoms with E-state index < -0.39 is 11.6 Å². The second-order valence-corrected chi connectivity index (χ2v) is 10.3. The van der Waals surface area contributed by atoms with E-state index in [0.29, 0.717) is 11.5 Å². The first-order valence-corrected chi connectivity index (χ1v) is 12.1. The molecule has 0 aliphatic carbocycles. The molecule has 0 saturated carbocycles. The molecule has 2 aromatic heterocycles. The third kappa shape index (κ3) is 5.21. The van der Waals surface area contributed by atoms with E-state index in [1.54, 1.807) is 13.1 Å². The third-order valence-corrected chi connectivity index (χ3v) is 6.30. The number of ether oxygens (including phenoxy) is 1. The summed E-state index contributed by atoms with van der Waals surface area (Å²) in [6, 6.07) is 10.8. The maximum Gasteiger partial charge on any atom is 0.276 e. The van der Waals surface area contributed by atoms with Crippen molar-refractivity contribution in [2.45, 2.75) is 46.6 Å². The first-order valence-electron chi connectivity index (χ1n) is 11.3. The Labute approximate surface area is 216 Å². The molecule has 0 N–H and O–H groups in total. The molecule has 4 rings (SSSR count). The van der Waals surface area contributed by atoms with Crippen molar-refractivity contribution in [3.8, 4) is 22.8 Å². The minimum absolute atomic E-state index is 0.0249. The van der Waals surface area contributed by atoms with Gasteiger partial charge in [-0.15, -0.1) is 0 Å². The zero-order chi connectivity index (χ0) is 26.2. The SMILES string of the molecule is Cc1ccc(-c2ccnc(C(C)(C)C)n2)cc1-n1c(C)nc(OCc2ccc(F)cc2F)c(Br)c1=O. The lowest BCUT2D eigenvalue weighted by atomic mass is 9.95. The molecule has 0 saturated heterocycles. The fourth-order valence-electron chi connectivity index (χ4n) is 3.64. The molecule has 186 valence electrons. The first kappa shape index (κ1) is 25.6. The van der Waals surface area contributed by atoms with Gasteiger partial charge in [0.1, 0.15) is 34.4 Å².